The lowest BCUT2D eigenvalue weighted by Gasteiger charge is -2.05. The van der Waals surface area contributed by atoms with Crippen molar-refractivity contribution in [3.63, 3.8) is 0 Å². The van der Waals surface area contributed by atoms with Gasteiger partial charge >= 0.3 is 0 Å². The van der Waals surface area contributed by atoms with E-state index in [0.717, 1.165) is 17.0 Å². The third kappa shape index (κ3) is 4.37. The van der Waals surface area contributed by atoms with E-state index in [9.17, 15) is 4.79 Å². The van der Waals surface area contributed by atoms with Crippen LogP contribution in [0, 0.1) is 6.92 Å². The fraction of sp³-hybridized carbons (Fsp3) is 0.190. The van der Waals surface area contributed by atoms with Crippen molar-refractivity contribution in [2.24, 2.45) is 0 Å². The Labute approximate surface area is 167 Å². The van der Waals surface area contributed by atoms with E-state index in [1.165, 1.54) is 16.1 Å². The molecule has 3 N–H and O–H groups in total. The number of H-pyrrole nitrogens is 1. The maximum Gasteiger partial charge on any atom is 0.274 e. The van der Waals surface area contributed by atoms with Crippen molar-refractivity contribution >= 4 is 17.4 Å². The molecule has 4 rings (SSSR count). The first-order valence-electron chi connectivity index (χ1n) is 9.27. The molecule has 2 aromatic heterocycles. The topological polar surface area (TPSA) is 96.3 Å². The first-order chi connectivity index (χ1) is 14.1. The zero-order valence-electron chi connectivity index (χ0n) is 16.3. The number of nitrogens with one attached hydrogen (secondary N) is 3. The van der Waals surface area contributed by atoms with E-state index in [4.69, 9.17) is 4.74 Å². The summed E-state index contributed by atoms with van der Waals surface area (Å²) in [6.07, 6.45) is 0. The van der Waals surface area contributed by atoms with Crippen LogP contribution in [0.2, 0.25) is 0 Å². The van der Waals surface area contributed by atoms with Gasteiger partial charge in [-0.15, -0.1) is 0 Å². The molecule has 8 heteroatoms. The van der Waals surface area contributed by atoms with Gasteiger partial charge in [0.15, 0.2) is 0 Å². The Morgan fingerprint density at radius 3 is 2.48 bits per heavy atom. The van der Waals surface area contributed by atoms with E-state index in [0.29, 0.717) is 30.5 Å². The van der Waals surface area contributed by atoms with Gasteiger partial charge in [0.1, 0.15) is 5.75 Å². The van der Waals surface area contributed by atoms with Gasteiger partial charge < -0.3 is 15.4 Å². The van der Waals surface area contributed by atoms with Crippen molar-refractivity contribution in [2.75, 3.05) is 17.7 Å². The normalized spacial score (nSPS) is 10.8. The molecule has 8 nitrogen and oxygen atoms in total. The highest BCUT2D eigenvalue weighted by Gasteiger charge is 2.08. The van der Waals surface area contributed by atoms with Crippen LogP contribution in [-0.2, 0) is 13.1 Å². The number of methoxy groups -OCH3 is 1. The summed E-state index contributed by atoms with van der Waals surface area (Å²) < 4.78 is 6.48. The number of aryl methyl sites for hydroxylation is 1. The van der Waals surface area contributed by atoms with E-state index < -0.39 is 0 Å². The maximum atomic E-state index is 12.4. The van der Waals surface area contributed by atoms with Crippen LogP contribution in [0.25, 0.3) is 5.78 Å². The van der Waals surface area contributed by atoms with Crippen molar-refractivity contribution in [2.45, 2.75) is 20.0 Å². The molecule has 4 aromatic rings. The molecule has 0 atom stereocenters. The first-order valence-corrected chi connectivity index (χ1v) is 9.27. The second-order valence-corrected chi connectivity index (χ2v) is 6.71. The van der Waals surface area contributed by atoms with Gasteiger partial charge in [0, 0.05) is 18.3 Å². The molecule has 0 aliphatic carbocycles. The molecular weight excluding hydrogens is 368 g/mol. The number of hydrogen-bond acceptors (Lipinski definition) is 6. The minimum Gasteiger partial charge on any atom is -0.497 e. The molecule has 0 saturated heterocycles. The average Bonchev–Trinajstić information content (AvgIpc) is 3.16. The highest BCUT2D eigenvalue weighted by molar-refractivity contribution is 5.45. The van der Waals surface area contributed by atoms with Crippen molar-refractivity contribution in [1.82, 2.24) is 19.6 Å². The molecule has 2 heterocycles. The highest BCUT2D eigenvalue weighted by Crippen LogP contribution is 2.13. The van der Waals surface area contributed by atoms with Gasteiger partial charge in [-0.1, -0.05) is 29.8 Å². The molecule has 0 spiro atoms. The third-order valence-electron chi connectivity index (χ3n) is 4.53. The number of aromatic nitrogens is 4. The van der Waals surface area contributed by atoms with Crippen molar-refractivity contribution in [3.05, 3.63) is 81.8 Å². The monoisotopic (exact) mass is 390 g/mol. The fourth-order valence-electron chi connectivity index (χ4n) is 2.89. The lowest BCUT2D eigenvalue weighted by molar-refractivity contribution is 0.414. The van der Waals surface area contributed by atoms with Crippen LogP contribution in [0.4, 0.5) is 11.6 Å². The first kappa shape index (κ1) is 18.5. The number of anilines is 2. The van der Waals surface area contributed by atoms with Crippen LogP contribution in [0.15, 0.2) is 59.4 Å². The maximum absolute atomic E-state index is 12.4. The van der Waals surface area contributed by atoms with Gasteiger partial charge in [-0.3, -0.25) is 9.89 Å². The lowest BCUT2D eigenvalue weighted by atomic mass is 10.2. The summed E-state index contributed by atoms with van der Waals surface area (Å²) in [6.45, 7) is 3.04. The molecule has 29 heavy (non-hydrogen) atoms. The van der Waals surface area contributed by atoms with Crippen molar-refractivity contribution in [3.8, 4) is 5.75 Å². The van der Waals surface area contributed by atoms with E-state index in [-0.39, 0.29) is 5.56 Å². The molecule has 0 aliphatic heterocycles. The summed E-state index contributed by atoms with van der Waals surface area (Å²) in [5.41, 5.74) is 3.65. The number of rotatable bonds is 7. The van der Waals surface area contributed by atoms with Crippen LogP contribution in [-0.4, -0.2) is 26.7 Å². The molecule has 0 amide bonds. The third-order valence-corrected chi connectivity index (χ3v) is 4.53. The number of fused-ring (bicyclic) bond motifs is 1. The Bertz CT molecular complexity index is 1160. The largest absolute Gasteiger partial charge is 0.497 e. The van der Waals surface area contributed by atoms with E-state index in [1.54, 1.807) is 7.11 Å². The zero-order valence-corrected chi connectivity index (χ0v) is 16.3. The molecule has 2 aromatic carbocycles. The van der Waals surface area contributed by atoms with Crippen LogP contribution in [0.5, 0.6) is 5.75 Å². The number of ether oxygens (including phenoxy) is 1. The molecule has 0 fully saturated rings. The van der Waals surface area contributed by atoms with Gasteiger partial charge in [0.2, 0.25) is 5.95 Å². The van der Waals surface area contributed by atoms with Gasteiger partial charge in [0.05, 0.1) is 19.3 Å². The highest BCUT2D eigenvalue weighted by atomic mass is 16.5. The van der Waals surface area contributed by atoms with Crippen molar-refractivity contribution < 1.29 is 4.74 Å². The number of nitrogens with zero attached hydrogens (tertiary/aromatic N) is 3. The number of benzene rings is 2. The minimum absolute atomic E-state index is 0.208. The van der Waals surface area contributed by atoms with Crippen molar-refractivity contribution in [1.29, 1.82) is 0 Å². The van der Waals surface area contributed by atoms with Gasteiger partial charge in [-0.2, -0.15) is 9.50 Å². The SMILES string of the molecule is COc1ccc(CNc2nc3nc(CNc4ccc(C)cc4)cc(=O)n3[nH]2)cc1. The summed E-state index contributed by atoms with van der Waals surface area (Å²) in [5.74, 6) is 1.62. The molecule has 0 unspecified atom stereocenters. The molecule has 0 aliphatic rings. The van der Waals surface area contributed by atoms with Crippen LogP contribution in [0.1, 0.15) is 16.8 Å². The number of aromatic amines is 1. The lowest BCUT2D eigenvalue weighted by Crippen LogP contribution is -2.17. The molecular formula is C21H22N6O2. The summed E-state index contributed by atoms with van der Waals surface area (Å²) in [4.78, 5) is 21.2. The van der Waals surface area contributed by atoms with E-state index in [2.05, 4.69) is 25.7 Å². The summed E-state index contributed by atoms with van der Waals surface area (Å²) >= 11 is 0. The molecule has 0 radical (unpaired) electrons. The minimum atomic E-state index is -0.208. The molecule has 0 bridgehead atoms. The van der Waals surface area contributed by atoms with E-state index in [1.807, 2.05) is 55.5 Å². The van der Waals surface area contributed by atoms with Crippen LogP contribution >= 0.6 is 0 Å². The van der Waals surface area contributed by atoms with Crippen LogP contribution in [0.3, 0.4) is 0 Å². The smallest absolute Gasteiger partial charge is 0.274 e. The Morgan fingerprint density at radius 2 is 1.76 bits per heavy atom. The Balaban J connectivity index is 1.46. The zero-order chi connectivity index (χ0) is 20.2. The predicted molar refractivity (Wildman–Crippen MR) is 112 cm³/mol. The Hall–Kier alpha value is -3.81. The Morgan fingerprint density at radius 1 is 1.00 bits per heavy atom. The van der Waals surface area contributed by atoms with Crippen LogP contribution < -0.4 is 20.9 Å². The van der Waals surface area contributed by atoms with Gasteiger partial charge in [-0.25, -0.2) is 4.98 Å². The van der Waals surface area contributed by atoms with E-state index >= 15 is 0 Å². The fourth-order valence-corrected chi connectivity index (χ4v) is 2.89. The summed E-state index contributed by atoms with van der Waals surface area (Å²) in [5, 5.41) is 9.38. The second-order valence-electron chi connectivity index (χ2n) is 6.71. The molecule has 0 saturated carbocycles. The van der Waals surface area contributed by atoms with Gasteiger partial charge in [0.25, 0.3) is 11.3 Å². The predicted octanol–water partition coefficient (Wildman–Crippen LogP) is 2.96. The standard InChI is InChI=1S/C21H22N6O2/c1-14-3-7-16(8-4-14)22-13-17-11-19(28)27-21(24-17)25-20(26-27)23-12-15-5-9-18(29-2)10-6-15/h3-11,22H,12-13H2,1-2H3,(H2,23,24,25,26). The summed E-state index contributed by atoms with van der Waals surface area (Å²) in [7, 11) is 1.64. The summed E-state index contributed by atoms with van der Waals surface area (Å²) in [6, 6.07) is 17.3. The van der Waals surface area contributed by atoms with Gasteiger partial charge in [-0.05, 0) is 36.8 Å². The average molecular weight is 390 g/mol. The second kappa shape index (κ2) is 8.05. The quantitative estimate of drug-likeness (QED) is 0.449. The molecule has 148 valence electrons. The Kier molecular flexibility index (Phi) is 5.15. The number of hydrogen-bond donors (Lipinski definition) is 3.